The number of nitrogens with zero attached hydrogens (tertiary/aromatic N) is 3. The van der Waals surface area contributed by atoms with Crippen LogP contribution in [0, 0.1) is 6.92 Å². The van der Waals surface area contributed by atoms with Crippen molar-refractivity contribution in [1.82, 2.24) is 20.4 Å². The molecule has 12 heteroatoms. The van der Waals surface area contributed by atoms with Crippen LogP contribution in [0.3, 0.4) is 0 Å². The molecular formula is C27H29F3N4O4S. The van der Waals surface area contributed by atoms with E-state index in [1.54, 1.807) is 23.5 Å². The third-order valence-corrected chi connectivity index (χ3v) is 6.74. The quantitative estimate of drug-likeness (QED) is 0.240. The average molecular weight is 563 g/mol. The highest BCUT2D eigenvalue weighted by Crippen LogP contribution is 2.33. The van der Waals surface area contributed by atoms with Crippen LogP contribution in [-0.2, 0) is 4.79 Å². The second-order valence-electron chi connectivity index (χ2n) is 8.59. The highest BCUT2D eigenvalue weighted by molar-refractivity contribution is 7.13. The normalized spacial score (nSPS) is 11.4. The van der Waals surface area contributed by atoms with Crippen molar-refractivity contribution in [3.63, 3.8) is 0 Å². The molecule has 0 aliphatic heterocycles. The number of hydrogen-bond acceptors (Lipinski definition) is 7. The molecule has 2 heterocycles. The van der Waals surface area contributed by atoms with Gasteiger partial charge in [-0.05, 0) is 51.2 Å². The minimum absolute atomic E-state index is 0.0859. The van der Waals surface area contributed by atoms with Crippen molar-refractivity contribution < 1.29 is 32.4 Å². The van der Waals surface area contributed by atoms with Gasteiger partial charge in [0.05, 0.1) is 5.39 Å². The Hall–Kier alpha value is -3.77. The van der Waals surface area contributed by atoms with Crippen molar-refractivity contribution in [1.29, 1.82) is 0 Å². The summed E-state index contributed by atoms with van der Waals surface area (Å²) in [6.07, 6.45) is -4.16. The molecule has 208 valence electrons. The molecule has 39 heavy (non-hydrogen) atoms. The first kappa shape index (κ1) is 29.8. The van der Waals surface area contributed by atoms with Crippen LogP contribution in [-0.4, -0.2) is 64.4 Å². The second-order valence-corrected chi connectivity index (χ2v) is 9.44. The molecule has 4 rings (SSSR count). The zero-order chi connectivity index (χ0) is 28.6. The van der Waals surface area contributed by atoms with Crippen LogP contribution >= 0.6 is 11.3 Å². The van der Waals surface area contributed by atoms with E-state index in [2.05, 4.69) is 60.4 Å². The Bertz CT molecular complexity index is 1400. The van der Waals surface area contributed by atoms with Crippen molar-refractivity contribution in [2.45, 2.75) is 33.4 Å². The molecule has 4 aromatic rings. The van der Waals surface area contributed by atoms with Crippen molar-refractivity contribution >= 4 is 34.2 Å². The van der Waals surface area contributed by atoms with Gasteiger partial charge in [-0.2, -0.15) is 13.2 Å². The minimum Gasteiger partial charge on any atom is -0.475 e. The first-order valence-electron chi connectivity index (χ1n) is 12.3. The molecule has 2 aromatic carbocycles. The van der Waals surface area contributed by atoms with E-state index in [-0.39, 0.29) is 5.91 Å². The molecule has 0 radical (unpaired) electrons. The highest BCUT2D eigenvalue weighted by Gasteiger charge is 2.38. The summed E-state index contributed by atoms with van der Waals surface area (Å²) in [6.45, 7) is 10.1. The van der Waals surface area contributed by atoms with Crippen molar-refractivity contribution in [3.8, 4) is 22.0 Å². The van der Waals surface area contributed by atoms with Crippen LogP contribution in [0.25, 0.3) is 32.9 Å². The van der Waals surface area contributed by atoms with E-state index < -0.39 is 12.1 Å². The number of nitrogens with one attached hydrogen (secondary N) is 1. The van der Waals surface area contributed by atoms with Crippen LogP contribution in [0.5, 0.6) is 0 Å². The third-order valence-electron chi connectivity index (χ3n) is 5.85. The number of halogens is 3. The van der Waals surface area contributed by atoms with Gasteiger partial charge in [0.15, 0.2) is 5.58 Å². The van der Waals surface area contributed by atoms with E-state index in [1.807, 2.05) is 11.4 Å². The molecule has 0 saturated carbocycles. The highest BCUT2D eigenvalue weighted by atomic mass is 32.1. The fourth-order valence-electron chi connectivity index (χ4n) is 3.62. The third kappa shape index (κ3) is 8.11. The SMILES string of the molecule is CCN(CC)CCCNC(=O)c1ccc2onc(-c3csc(-c4ccc(C)cc4)n3)c2c1.O=C(O)C(F)(F)F. The summed E-state index contributed by atoms with van der Waals surface area (Å²) in [7, 11) is 0. The van der Waals surface area contributed by atoms with E-state index in [9.17, 15) is 18.0 Å². The van der Waals surface area contributed by atoms with Gasteiger partial charge in [0.2, 0.25) is 0 Å². The summed E-state index contributed by atoms with van der Waals surface area (Å²) >= 11 is 1.57. The summed E-state index contributed by atoms with van der Waals surface area (Å²) in [4.78, 5) is 28.7. The van der Waals surface area contributed by atoms with Gasteiger partial charge in [-0.25, -0.2) is 9.78 Å². The Balaban J connectivity index is 0.000000532. The topological polar surface area (TPSA) is 109 Å². The summed E-state index contributed by atoms with van der Waals surface area (Å²) in [6, 6.07) is 13.7. The van der Waals surface area contributed by atoms with Gasteiger partial charge in [-0.1, -0.05) is 48.8 Å². The number of thiazole rings is 1. The summed E-state index contributed by atoms with van der Waals surface area (Å²) < 4.78 is 37.2. The molecule has 2 aromatic heterocycles. The largest absolute Gasteiger partial charge is 0.490 e. The lowest BCUT2D eigenvalue weighted by atomic mass is 10.1. The second kappa shape index (κ2) is 13.3. The number of amides is 1. The minimum atomic E-state index is -5.08. The molecule has 0 unspecified atom stereocenters. The number of carbonyl (C=O) groups excluding carboxylic acids is 1. The molecule has 0 atom stereocenters. The molecule has 8 nitrogen and oxygen atoms in total. The van der Waals surface area contributed by atoms with Crippen LogP contribution < -0.4 is 5.32 Å². The molecule has 0 bridgehead atoms. The van der Waals surface area contributed by atoms with Gasteiger partial charge in [-0.3, -0.25) is 4.79 Å². The van der Waals surface area contributed by atoms with Gasteiger partial charge >= 0.3 is 12.1 Å². The molecular weight excluding hydrogens is 533 g/mol. The van der Waals surface area contributed by atoms with Crippen LogP contribution in [0.15, 0.2) is 52.4 Å². The molecule has 0 aliphatic rings. The number of carboxylic acid groups (broad SMARTS) is 1. The smallest absolute Gasteiger partial charge is 0.475 e. The molecule has 1 amide bonds. The van der Waals surface area contributed by atoms with Crippen molar-refractivity contribution in [2.24, 2.45) is 0 Å². The standard InChI is InChI=1S/C25H28N4O2S.C2HF3O2/c1-4-29(5-2)14-6-13-26-24(30)19-11-12-22-20(15-19)23(28-31-22)21-16-32-25(27-21)18-9-7-17(3)8-10-18;3-2(4,5)1(6)7/h7-12,15-16H,4-6,13-14H2,1-3H3,(H,26,30);(H,6,7). The number of carbonyl (C=O) groups is 2. The molecule has 0 saturated heterocycles. The van der Waals surface area contributed by atoms with Gasteiger partial charge in [0.1, 0.15) is 16.4 Å². The lowest BCUT2D eigenvalue weighted by molar-refractivity contribution is -0.192. The predicted octanol–water partition coefficient (Wildman–Crippen LogP) is 6.02. The van der Waals surface area contributed by atoms with Crippen LogP contribution in [0.2, 0.25) is 0 Å². The maximum absolute atomic E-state index is 12.7. The van der Waals surface area contributed by atoms with Crippen molar-refractivity contribution in [2.75, 3.05) is 26.2 Å². The van der Waals surface area contributed by atoms with E-state index in [1.165, 1.54) is 5.56 Å². The number of benzene rings is 2. The fourth-order valence-corrected chi connectivity index (χ4v) is 4.43. The fraction of sp³-hybridized carbons (Fsp3) is 0.333. The summed E-state index contributed by atoms with van der Waals surface area (Å²) in [5.41, 5.74) is 4.94. The van der Waals surface area contributed by atoms with Gasteiger partial charge in [0, 0.05) is 23.1 Å². The molecule has 0 spiro atoms. The average Bonchev–Trinajstić information content (AvgIpc) is 3.56. The lowest BCUT2D eigenvalue weighted by Gasteiger charge is -2.17. The van der Waals surface area contributed by atoms with Crippen LogP contribution in [0.4, 0.5) is 13.2 Å². The number of aromatic nitrogens is 2. The van der Waals surface area contributed by atoms with Gasteiger partial charge in [0.25, 0.3) is 5.91 Å². The number of rotatable bonds is 9. The molecule has 0 fully saturated rings. The van der Waals surface area contributed by atoms with Crippen molar-refractivity contribution in [3.05, 3.63) is 59.0 Å². The summed E-state index contributed by atoms with van der Waals surface area (Å²) in [5, 5.41) is 18.1. The maximum atomic E-state index is 12.7. The number of alkyl halides is 3. The number of carboxylic acids is 1. The number of aliphatic carboxylic acids is 1. The van der Waals surface area contributed by atoms with E-state index in [0.29, 0.717) is 23.4 Å². The summed E-state index contributed by atoms with van der Waals surface area (Å²) in [5.74, 6) is -2.84. The monoisotopic (exact) mass is 562 g/mol. The number of aryl methyl sites for hydroxylation is 1. The Morgan fingerprint density at radius 1 is 1.10 bits per heavy atom. The Kier molecular flexibility index (Phi) is 10.2. The Morgan fingerprint density at radius 3 is 2.38 bits per heavy atom. The Labute approximate surface area is 227 Å². The molecule has 0 aliphatic carbocycles. The molecule has 2 N–H and O–H groups in total. The van der Waals surface area contributed by atoms with Gasteiger partial charge < -0.3 is 19.8 Å². The zero-order valence-electron chi connectivity index (χ0n) is 21.7. The predicted molar refractivity (Wildman–Crippen MR) is 144 cm³/mol. The first-order valence-corrected chi connectivity index (χ1v) is 13.1. The van der Waals surface area contributed by atoms with E-state index in [0.717, 1.165) is 47.7 Å². The zero-order valence-corrected chi connectivity index (χ0v) is 22.5. The Morgan fingerprint density at radius 2 is 1.77 bits per heavy atom. The number of fused-ring (bicyclic) bond motifs is 1. The van der Waals surface area contributed by atoms with E-state index >= 15 is 0 Å². The number of hydrogen-bond donors (Lipinski definition) is 2. The van der Waals surface area contributed by atoms with Crippen LogP contribution in [0.1, 0.15) is 36.2 Å². The van der Waals surface area contributed by atoms with E-state index in [4.69, 9.17) is 19.4 Å². The first-order chi connectivity index (χ1) is 18.5. The lowest BCUT2D eigenvalue weighted by Crippen LogP contribution is -2.29. The van der Waals surface area contributed by atoms with Gasteiger partial charge in [-0.15, -0.1) is 11.3 Å². The maximum Gasteiger partial charge on any atom is 0.490 e.